The minimum Gasteiger partial charge on any atom is -0.388 e. The zero-order chi connectivity index (χ0) is 13.0. The Kier molecular flexibility index (Phi) is 2.25. The molecule has 2 aliphatic heterocycles. The standard InChI is InChI=1S/C11H13N5O3/c12-10-7-11(14-3-13-10)16(4-15-7)5-1-18-9-6(17)2-19-8(5)9/h3-6,8-9,17H,1-2H2,(H2,12,13,14). The maximum Gasteiger partial charge on any atom is 0.165 e. The first-order chi connectivity index (χ1) is 9.25. The highest BCUT2D eigenvalue weighted by Crippen LogP contribution is 2.35. The lowest BCUT2D eigenvalue weighted by Gasteiger charge is -2.17. The van der Waals surface area contributed by atoms with Gasteiger partial charge in [0.2, 0.25) is 0 Å². The van der Waals surface area contributed by atoms with E-state index in [1.165, 1.54) is 6.33 Å². The summed E-state index contributed by atoms with van der Waals surface area (Å²) in [5.41, 5.74) is 7.00. The summed E-state index contributed by atoms with van der Waals surface area (Å²) < 4.78 is 13.1. The molecule has 100 valence electrons. The average Bonchev–Trinajstić information content (AvgIpc) is 3.06. The van der Waals surface area contributed by atoms with Crippen LogP contribution < -0.4 is 5.73 Å². The molecule has 0 aromatic carbocycles. The van der Waals surface area contributed by atoms with E-state index in [0.717, 1.165) is 0 Å². The molecular formula is C11H13N5O3. The van der Waals surface area contributed by atoms with Gasteiger partial charge in [-0.25, -0.2) is 15.0 Å². The minimum atomic E-state index is -0.565. The van der Waals surface area contributed by atoms with Crippen LogP contribution in [0.1, 0.15) is 6.04 Å². The van der Waals surface area contributed by atoms with Crippen molar-refractivity contribution in [3.8, 4) is 0 Å². The van der Waals surface area contributed by atoms with Gasteiger partial charge in [-0.15, -0.1) is 0 Å². The number of ether oxygens (including phenoxy) is 2. The van der Waals surface area contributed by atoms with E-state index < -0.39 is 6.10 Å². The van der Waals surface area contributed by atoms with Gasteiger partial charge in [-0.2, -0.15) is 0 Å². The van der Waals surface area contributed by atoms with Crippen LogP contribution in [0, 0.1) is 0 Å². The van der Waals surface area contributed by atoms with Crippen molar-refractivity contribution in [2.75, 3.05) is 18.9 Å². The zero-order valence-corrected chi connectivity index (χ0v) is 10.0. The van der Waals surface area contributed by atoms with Gasteiger partial charge in [0.25, 0.3) is 0 Å². The van der Waals surface area contributed by atoms with E-state index in [1.54, 1.807) is 6.33 Å². The monoisotopic (exact) mass is 263 g/mol. The Balaban J connectivity index is 1.77. The largest absolute Gasteiger partial charge is 0.388 e. The van der Waals surface area contributed by atoms with Crippen LogP contribution >= 0.6 is 0 Å². The molecule has 0 bridgehead atoms. The molecule has 19 heavy (non-hydrogen) atoms. The van der Waals surface area contributed by atoms with Crippen molar-refractivity contribution in [2.24, 2.45) is 0 Å². The number of aliphatic hydroxyl groups is 1. The van der Waals surface area contributed by atoms with E-state index in [1.807, 2.05) is 4.57 Å². The lowest BCUT2D eigenvalue weighted by molar-refractivity contribution is 0.0173. The van der Waals surface area contributed by atoms with Crippen molar-refractivity contribution < 1.29 is 14.6 Å². The Morgan fingerprint density at radius 3 is 2.95 bits per heavy atom. The van der Waals surface area contributed by atoms with Crippen LogP contribution in [0.2, 0.25) is 0 Å². The highest BCUT2D eigenvalue weighted by Gasteiger charge is 2.48. The maximum absolute atomic E-state index is 9.75. The van der Waals surface area contributed by atoms with E-state index in [0.29, 0.717) is 30.2 Å². The van der Waals surface area contributed by atoms with Crippen molar-refractivity contribution in [3.63, 3.8) is 0 Å². The van der Waals surface area contributed by atoms with Crippen LogP contribution in [0.4, 0.5) is 5.82 Å². The molecule has 2 aliphatic rings. The van der Waals surface area contributed by atoms with Crippen molar-refractivity contribution in [3.05, 3.63) is 12.7 Å². The minimum absolute atomic E-state index is 0.0542. The third-order valence-electron chi connectivity index (χ3n) is 3.75. The van der Waals surface area contributed by atoms with E-state index in [2.05, 4.69) is 15.0 Å². The highest BCUT2D eigenvalue weighted by molar-refractivity contribution is 5.81. The van der Waals surface area contributed by atoms with E-state index in [-0.39, 0.29) is 18.2 Å². The lowest BCUT2D eigenvalue weighted by atomic mass is 10.1. The van der Waals surface area contributed by atoms with E-state index >= 15 is 0 Å². The first kappa shape index (κ1) is 11.1. The van der Waals surface area contributed by atoms with Gasteiger partial charge in [0.15, 0.2) is 11.5 Å². The summed E-state index contributed by atoms with van der Waals surface area (Å²) in [4.78, 5) is 12.4. The molecule has 4 atom stereocenters. The predicted octanol–water partition coefficient (Wildman–Crippen LogP) is -0.892. The number of anilines is 1. The Morgan fingerprint density at radius 1 is 1.21 bits per heavy atom. The summed E-state index contributed by atoms with van der Waals surface area (Å²) in [6, 6.07) is -0.0542. The zero-order valence-electron chi connectivity index (χ0n) is 10.0. The fourth-order valence-electron chi connectivity index (χ4n) is 2.81. The second kappa shape index (κ2) is 3.86. The molecular weight excluding hydrogens is 250 g/mol. The molecule has 8 nitrogen and oxygen atoms in total. The third kappa shape index (κ3) is 1.47. The topological polar surface area (TPSA) is 108 Å². The number of imidazole rings is 1. The fourth-order valence-corrected chi connectivity index (χ4v) is 2.81. The number of aliphatic hydroxyl groups excluding tert-OH is 1. The molecule has 0 radical (unpaired) electrons. The fraction of sp³-hybridized carbons (Fsp3) is 0.545. The normalized spacial score (nSPS) is 33.9. The number of nitrogens with zero attached hydrogens (tertiary/aromatic N) is 4. The first-order valence-corrected chi connectivity index (χ1v) is 6.10. The number of nitrogen functional groups attached to an aromatic ring is 1. The molecule has 2 aromatic heterocycles. The smallest absolute Gasteiger partial charge is 0.165 e. The number of rotatable bonds is 1. The van der Waals surface area contributed by atoms with Gasteiger partial charge in [-0.1, -0.05) is 0 Å². The third-order valence-corrected chi connectivity index (χ3v) is 3.75. The molecule has 4 rings (SSSR count). The predicted molar refractivity (Wildman–Crippen MR) is 64.3 cm³/mol. The summed E-state index contributed by atoms with van der Waals surface area (Å²) in [7, 11) is 0. The van der Waals surface area contributed by atoms with Crippen LogP contribution in [0.15, 0.2) is 12.7 Å². The lowest BCUT2D eigenvalue weighted by Crippen LogP contribution is -2.30. The summed E-state index contributed by atoms with van der Waals surface area (Å²) in [6.45, 7) is 0.761. The summed E-state index contributed by atoms with van der Waals surface area (Å²) in [5, 5.41) is 9.75. The highest BCUT2D eigenvalue weighted by atomic mass is 16.6. The van der Waals surface area contributed by atoms with Crippen LogP contribution in [0.5, 0.6) is 0 Å². The second-order valence-electron chi connectivity index (χ2n) is 4.81. The molecule has 2 aromatic rings. The van der Waals surface area contributed by atoms with Crippen molar-refractivity contribution in [1.82, 2.24) is 19.5 Å². The van der Waals surface area contributed by atoms with Crippen LogP contribution in [-0.4, -0.2) is 56.2 Å². The Bertz CT molecular complexity index is 630. The summed E-state index contributed by atoms with van der Waals surface area (Å²) in [5.74, 6) is 0.353. The van der Waals surface area contributed by atoms with Gasteiger partial charge in [0.1, 0.15) is 30.2 Å². The summed E-state index contributed by atoms with van der Waals surface area (Å²) >= 11 is 0. The summed E-state index contributed by atoms with van der Waals surface area (Å²) in [6.07, 6.45) is 2.06. The SMILES string of the molecule is Nc1ncnc2c1ncn2C1COC2C(O)COC21. The molecule has 3 N–H and O–H groups in total. The molecule has 2 fully saturated rings. The Hall–Kier alpha value is -1.77. The number of nitrogens with two attached hydrogens (primary N) is 1. The maximum atomic E-state index is 9.75. The molecule has 0 aliphatic carbocycles. The van der Waals surface area contributed by atoms with Gasteiger partial charge in [0, 0.05) is 0 Å². The Labute approximate surface area is 108 Å². The number of hydrogen-bond donors (Lipinski definition) is 2. The average molecular weight is 263 g/mol. The number of hydrogen-bond acceptors (Lipinski definition) is 7. The second-order valence-corrected chi connectivity index (χ2v) is 4.81. The number of aromatic nitrogens is 4. The van der Waals surface area contributed by atoms with Gasteiger partial charge in [-0.05, 0) is 0 Å². The number of fused-ring (bicyclic) bond motifs is 2. The van der Waals surface area contributed by atoms with Crippen molar-refractivity contribution >= 4 is 17.0 Å². The quantitative estimate of drug-likeness (QED) is 0.686. The van der Waals surface area contributed by atoms with E-state index in [9.17, 15) is 5.11 Å². The molecule has 0 amide bonds. The van der Waals surface area contributed by atoms with Crippen molar-refractivity contribution in [2.45, 2.75) is 24.4 Å². The first-order valence-electron chi connectivity index (χ1n) is 6.10. The van der Waals surface area contributed by atoms with Crippen molar-refractivity contribution in [1.29, 1.82) is 0 Å². The van der Waals surface area contributed by atoms with Gasteiger partial charge in [0.05, 0.1) is 25.6 Å². The molecule has 0 saturated carbocycles. The van der Waals surface area contributed by atoms with Gasteiger partial charge >= 0.3 is 0 Å². The molecule has 8 heteroatoms. The van der Waals surface area contributed by atoms with E-state index in [4.69, 9.17) is 15.2 Å². The van der Waals surface area contributed by atoms with Crippen LogP contribution in [-0.2, 0) is 9.47 Å². The molecule has 4 unspecified atom stereocenters. The van der Waals surface area contributed by atoms with Gasteiger partial charge in [-0.3, -0.25) is 0 Å². The van der Waals surface area contributed by atoms with Crippen LogP contribution in [0.25, 0.3) is 11.2 Å². The molecule has 0 spiro atoms. The molecule has 2 saturated heterocycles. The van der Waals surface area contributed by atoms with Gasteiger partial charge < -0.3 is 24.9 Å². The Morgan fingerprint density at radius 2 is 2.05 bits per heavy atom. The molecule has 4 heterocycles. The van der Waals surface area contributed by atoms with Crippen LogP contribution in [0.3, 0.4) is 0 Å².